The summed E-state index contributed by atoms with van der Waals surface area (Å²) in [6.07, 6.45) is 0.499. The number of rotatable bonds is 2. The maximum Gasteiger partial charge on any atom is 0.271 e. The van der Waals surface area contributed by atoms with Crippen LogP contribution in [0, 0.1) is 16.0 Å². The van der Waals surface area contributed by atoms with Gasteiger partial charge in [0.05, 0.1) is 21.7 Å². The van der Waals surface area contributed by atoms with Crippen LogP contribution in [0.2, 0.25) is 5.02 Å². The normalized spacial score (nSPS) is 24.1. The summed E-state index contributed by atoms with van der Waals surface area (Å²) in [6, 6.07) is 4.43. The zero-order chi connectivity index (χ0) is 13.3. The Hall–Kier alpha value is -1.33. The molecule has 1 N–H and O–H groups in total. The number of piperidine rings is 1. The van der Waals surface area contributed by atoms with Crippen LogP contribution in [0.1, 0.15) is 13.3 Å². The number of halogens is 1. The average Bonchev–Trinajstić information content (AvgIpc) is 2.32. The van der Waals surface area contributed by atoms with E-state index in [1.165, 1.54) is 12.1 Å². The Morgan fingerprint density at radius 2 is 2.28 bits per heavy atom. The number of nitrogens with zero attached hydrogens (tertiary/aromatic N) is 2. The first-order valence-electron chi connectivity index (χ1n) is 5.86. The Morgan fingerprint density at radius 3 is 2.83 bits per heavy atom. The highest BCUT2D eigenvalue weighted by atomic mass is 35.5. The van der Waals surface area contributed by atoms with E-state index < -0.39 is 4.92 Å². The van der Waals surface area contributed by atoms with Gasteiger partial charge in [-0.25, -0.2) is 0 Å². The number of non-ortho nitro benzene ring substituents is 1. The molecule has 1 aliphatic rings. The lowest BCUT2D eigenvalue weighted by Gasteiger charge is -2.36. The van der Waals surface area contributed by atoms with E-state index in [-0.39, 0.29) is 17.7 Å². The molecule has 0 saturated carbocycles. The molecule has 0 amide bonds. The zero-order valence-corrected chi connectivity index (χ0v) is 10.8. The van der Waals surface area contributed by atoms with Gasteiger partial charge in [0.25, 0.3) is 5.69 Å². The summed E-state index contributed by atoms with van der Waals surface area (Å²) in [7, 11) is 0. The van der Waals surface area contributed by atoms with Gasteiger partial charge in [0.2, 0.25) is 0 Å². The smallest absolute Gasteiger partial charge is 0.271 e. The molecule has 5 nitrogen and oxygen atoms in total. The first-order valence-corrected chi connectivity index (χ1v) is 6.24. The Bertz CT molecular complexity index is 467. The van der Waals surface area contributed by atoms with E-state index in [0.29, 0.717) is 11.6 Å². The van der Waals surface area contributed by atoms with Crippen molar-refractivity contribution >= 4 is 23.0 Å². The van der Waals surface area contributed by atoms with Gasteiger partial charge < -0.3 is 10.0 Å². The lowest BCUT2D eigenvalue weighted by Crippen LogP contribution is -2.43. The highest BCUT2D eigenvalue weighted by molar-refractivity contribution is 6.33. The number of β-amino-alcohol motifs (C(OH)–C–C–N with tert-alkyl or cyclic N) is 1. The molecule has 98 valence electrons. The summed E-state index contributed by atoms with van der Waals surface area (Å²) >= 11 is 6.06. The maximum atomic E-state index is 10.6. The first-order chi connectivity index (χ1) is 8.49. The van der Waals surface area contributed by atoms with Gasteiger partial charge in [-0.15, -0.1) is 0 Å². The lowest BCUT2D eigenvalue weighted by atomic mass is 9.95. The van der Waals surface area contributed by atoms with E-state index in [2.05, 4.69) is 0 Å². The van der Waals surface area contributed by atoms with Gasteiger partial charge in [0, 0.05) is 25.2 Å². The Labute approximate surface area is 110 Å². The fraction of sp³-hybridized carbons (Fsp3) is 0.500. The van der Waals surface area contributed by atoms with Crippen molar-refractivity contribution in [3.8, 4) is 0 Å². The van der Waals surface area contributed by atoms with Crippen LogP contribution in [0.25, 0.3) is 0 Å². The zero-order valence-electron chi connectivity index (χ0n) is 10.0. The van der Waals surface area contributed by atoms with Crippen LogP contribution in [-0.4, -0.2) is 29.2 Å². The van der Waals surface area contributed by atoms with Crippen molar-refractivity contribution in [3.05, 3.63) is 33.3 Å². The van der Waals surface area contributed by atoms with Crippen LogP contribution < -0.4 is 4.90 Å². The first kappa shape index (κ1) is 13.1. The maximum absolute atomic E-state index is 10.6. The summed E-state index contributed by atoms with van der Waals surface area (Å²) < 4.78 is 0. The molecule has 1 saturated heterocycles. The third kappa shape index (κ3) is 2.57. The SMILES string of the molecule is CC1CCN(c2ccc([N+](=O)[O-])cc2Cl)CC1O. The summed E-state index contributed by atoms with van der Waals surface area (Å²) in [6.45, 7) is 3.33. The molecule has 2 rings (SSSR count). The van der Waals surface area contributed by atoms with Gasteiger partial charge in [0.1, 0.15) is 0 Å². The van der Waals surface area contributed by atoms with E-state index in [1.54, 1.807) is 6.07 Å². The van der Waals surface area contributed by atoms with Gasteiger partial charge in [-0.05, 0) is 18.4 Å². The minimum absolute atomic E-state index is 0.0188. The molecule has 0 aliphatic carbocycles. The summed E-state index contributed by atoms with van der Waals surface area (Å²) in [4.78, 5) is 12.1. The topological polar surface area (TPSA) is 66.6 Å². The highest BCUT2D eigenvalue weighted by Crippen LogP contribution is 2.32. The predicted molar refractivity (Wildman–Crippen MR) is 70.1 cm³/mol. The number of nitro groups is 1. The molecule has 2 atom stereocenters. The van der Waals surface area contributed by atoms with Crippen molar-refractivity contribution in [2.24, 2.45) is 5.92 Å². The summed E-state index contributed by atoms with van der Waals surface area (Å²) in [5.74, 6) is 0.276. The van der Waals surface area contributed by atoms with E-state index in [1.807, 2.05) is 11.8 Å². The number of aliphatic hydroxyl groups excluding tert-OH is 1. The molecule has 0 spiro atoms. The van der Waals surface area contributed by atoms with E-state index in [9.17, 15) is 15.2 Å². The molecule has 1 aliphatic heterocycles. The van der Waals surface area contributed by atoms with Crippen LogP contribution in [-0.2, 0) is 0 Å². The summed E-state index contributed by atoms with van der Waals surface area (Å²) in [5.41, 5.74) is 0.725. The van der Waals surface area contributed by atoms with Gasteiger partial charge >= 0.3 is 0 Å². The van der Waals surface area contributed by atoms with Crippen molar-refractivity contribution in [2.75, 3.05) is 18.0 Å². The fourth-order valence-electron chi connectivity index (χ4n) is 2.13. The second-order valence-electron chi connectivity index (χ2n) is 4.67. The van der Waals surface area contributed by atoms with Crippen molar-refractivity contribution in [1.29, 1.82) is 0 Å². The third-order valence-electron chi connectivity index (χ3n) is 3.40. The summed E-state index contributed by atoms with van der Waals surface area (Å²) in [5, 5.41) is 20.8. The Morgan fingerprint density at radius 1 is 1.56 bits per heavy atom. The average molecular weight is 271 g/mol. The van der Waals surface area contributed by atoms with Gasteiger partial charge in [-0.1, -0.05) is 18.5 Å². The number of aliphatic hydroxyl groups is 1. The largest absolute Gasteiger partial charge is 0.391 e. The van der Waals surface area contributed by atoms with Crippen LogP contribution >= 0.6 is 11.6 Å². The minimum Gasteiger partial charge on any atom is -0.391 e. The second kappa shape index (κ2) is 5.12. The van der Waals surface area contributed by atoms with Crippen LogP contribution in [0.5, 0.6) is 0 Å². The number of nitro benzene ring substituents is 1. The highest BCUT2D eigenvalue weighted by Gasteiger charge is 2.26. The van der Waals surface area contributed by atoms with Crippen molar-refractivity contribution in [1.82, 2.24) is 0 Å². The second-order valence-corrected chi connectivity index (χ2v) is 5.08. The molecule has 0 bridgehead atoms. The Kier molecular flexibility index (Phi) is 3.73. The van der Waals surface area contributed by atoms with E-state index >= 15 is 0 Å². The van der Waals surface area contributed by atoms with Crippen LogP contribution in [0.4, 0.5) is 11.4 Å². The number of hydrogen-bond acceptors (Lipinski definition) is 4. The van der Waals surface area contributed by atoms with Crippen molar-refractivity contribution in [2.45, 2.75) is 19.4 Å². The van der Waals surface area contributed by atoms with Crippen LogP contribution in [0.15, 0.2) is 18.2 Å². The molecule has 1 aromatic rings. The molecule has 1 aromatic carbocycles. The quantitative estimate of drug-likeness (QED) is 0.662. The van der Waals surface area contributed by atoms with Crippen LogP contribution in [0.3, 0.4) is 0 Å². The molecule has 0 aromatic heterocycles. The Balaban J connectivity index is 2.21. The fourth-order valence-corrected chi connectivity index (χ4v) is 2.43. The van der Waals surface area contributed by atoms with Crippen molar-refractivity contribution in [3.63, 3.8) is 0 Å². The molecule has 18 heavy (non-hydrogen) atoms. The number of anilines is 1. The molecular weight excluding hydrogens is 256 g/mol. The van der Waals surface area contributed by atoms with E-state index in [4.69, 9.17) is 11.6 Å². The number of benzene rings is 1. The van der Waals surface area contributed by atoms with Crippen molar-refractivity contribution < 1.29 is 10.0 Å². The van der Waals surface area contributed by atoms with Gasteiger partial charge in [-0.2, -0.15) is 0 Å². The standard InChI is InChI=1S/C12H15ClN2O3/c1-8-4-5-14(7-12(8)16)11-3-2-9(15(17)18)6-10(11)13/h2-3,6,8,12,16H,4-5,7H2,1H3. The molecule has 1 heterocycles. The third-order valence-corrected chi connectivity index (χ3v) is 3.70. The van der Waals surface area contributed by atoms with Gasteiger partial charge in [0.15, 0.2) is 0 Å². The van der Waals surface area contributed by atoms with E-state index in [0.717, 1.165) is 18.7 Å². The number of hydrogen-bond donors (Lipinski definition) is 1. The predicted octanol–water partition coefficient (Wildman–Crippen LogP) is 2.46. The molecular formula is C12H15ClN2O3. The van der Waals surface area contributed by atoms with Gasteiger partial charge in [-0.3, -0.25) is 10.1 Å². The molecule has 1 fully saturated rings. The molecule has 0 radical (unpaired) electrons. The molecule has 2 unspecified atom stereocenters. The lowest BCUT2D eigenvalue weighted by molar-refractivity contribution is -0.384. The monoisotopic (exact) mass is 270 g/mol. The molecule has 6 heteroatoms. The minimum atomic E-state index is -0.469.